The van der Waals surface area contributed by atoms with Crippen LogP contribution >= 0.6 is 0 Å². The molecule has 1 heteroatoms. The maximum atomic E-state index is 5.57. The van der Waals surface area contributed by atoms with E-state index >= 15 is 0 Å². The van der Waals surface area contributed by atoms with Gasteiger partial charge in [-0.05, 0) is 24.7 Å². The van der Waals surface area contributed by atoms with E-state index in [0.717, 1.165) is 24.4 Å². The van der Waals surface area contributed by atoms with Crippen LogP contribution in [0.1, 0.15) is 27.7 Å². The molecule has 0 aromatic heterocycles. The highest BCUT2D eigenvalue weighted by molar-refractivity contribution is 4.77. The summed E-state index contributed by atoms with van der Waals surface area (Å²) in [6.45, 7) is 10.0. The molecule has 0 aromatic rings. The lowest BCUT2D eigenvalue weighted by molar-refractivity contribution is -0.0661. The van der Waals surface area contributed by atoms with Crippen LogP contribution in [0.25, 0.3) is 0 Å². The molecule has 0 spiro atoms. The fourth-order valence-corrected chi connectivity index (χ4v) is 1.55. The molecule has 0 bridgehead atoms. The molecule has 1 aliphatic rings. The van der Waals surface area contributed by atoms with Gasteiger partial charge in [-0.25, -0.2) is 0 Å². The zero-order valence-corrected chi connectivity index (χ0v) is 7.42. The minimum atomic E-state index is 0.464. The third-order valence-corrected chi connectivity index (χ3v) is 3.09. The highest BCUT2D eigenvalue weighted by Crippen LogP contribution is 2.29. The SMILES string of the molecule is C[C@H]1[C@H](C)[C@H](C)OC[C@H]1C. The number of hydrogen-bond donors (Lipinski definition) is 0. The molecule has 1 fully saturated rings. The molecule has 1 rings (SSSR count). The second kappa shape index (κ2) is 2.91. The first-order valence-corrected chi connectivity index (χ1v) is 4.24. The van der Waals surface area contributed by atoms with Gasteiger partial charge in [0, 0.05) is 6.61 Å². The van der Waals surface area contributed by atoms with Crippen molar-refractivity contribution < 1.29 is 4.74 Å². The Hall–Kier alpha value is -0.0400. The summed E-state index contributed by atoms with van der Waals surface area (Å²) >= 11 is 0. The van der Waals surface area contributed by atoms with Gasteiger partial charge in [-0.3, -0.25) is 0 Å². The lowest BCUT2D eigenvalue weighted by atomic mass is 9.80. The van der Waals surface area contributed by atoms with Gasteiger partial charge in [0.05, 0.1) is 6.10 Å². The standard InChI is InChI=1S/C9H18O/c1-6-5-10-9(4)8(3)7(6)2/h6-9H,5H2,1-4H3/t6-,7-,8+,9+/m1/s1. The molecular formula is C9H18O. The molecule has 0 aliphatic carbocycles. The van der Waals surface area contributed by atoms with Gasteiger partial charge in [0.15, 0.2) is 0 Å². The summed E-state index contributed by atoms with van der Waals surface area (Å²) in [6.07, 6.45) is 0.464. The number of hydrogen-bond acceptors (Lipinski definition) is 1. The number of rotatable bonds is 0. The van der Waals surface area contributed by atoms with Crippen molar-refractivity contribution in [1.29, 1.82) is 0 Å². The largest absolute Gasteiger partial charge is 0.378 e. The van der Waals surface area contributed by atoms with E-state index < -0.39 is 0 Å². The summed E-state index contributed by atoms with van der Waals surface area (Å²) in [5.41, 5.74) is 0. The average Bonchev–Trinajstić information content (AvgIpc) is 1.93. The Kier molecular flexibility index (Phi) is 2.35. The van der Waals surface area contributed by atoms with Crippen molar-refractivity contribution >= 4 is 0 Å². The molecule has 0 N–H and O–H groups in total. The normalized spacial score (nSPS) is 49.2. The van der Waals surface area contributed by atoms with E-state index in [4.69, 9.17) is 4.74 Å². The van der Waals surface area contributed by atoms with E-state index in [2.05, 4.69) is 27.7 Å². The Labute approximate surface area is 63.8 Å². The molecule has 1 aliphatic heterocycles. The summed E-state index contributed by atoms with van der Waals surface area (Å²) in [7, 11) is 0. The van der Waals surface area contributed by atoms with Gasteiger partial charge in [0.25, 0.3) is 0 Å². The molecule has 1 saturated heterocycles. The van der Waals surface area contributed by atoms with Crippen LogP contribution in [0.4, 0.5) is 0 Å². The summed E-state index contributed by atoms with van der Waals surface area (Å²) in [6, 6.07) is 0. The van der Waals surface area contributed by atoms with Gasteiger partial charge in [-0.15, -0.1) is 0 Å². The van der Waals surface area contributed by atoms with Crippen LogP contribution in [0.2, 0.25) is 0 Å². The van der Waals surface area contributed by atoms with Gasteiger partial charge in [-0.2, -0.15) is 0 Å². The third kappa shape index (κ3) is 1.34. The predicted molar refractivity (Wildman–Crippen MR) is 42.9 cm³/mol. The molecule has 0 radical (unpaired) electrons. The molecular weight excluding hydrogens is 124 g/mol. The molecule has 1 heterocycles. The van der Waals surface area contributed by atoms with E-state index in [1.165, 1.54) is 0 Å². The van der Waals surface area contributed by atoms with E-state index in [9.17, 15) is 0 Å². The lowest BCUT2D eigenvalue weighted by Crippen LogP contribution is -2.36. The Morgan fingerprint density at radius 1 is 1.00 bits per heavy atom. The Morgan fingerprint density at radius 2 is 1.60 bits per heavy atom. The van der Waals surface area contributed by atoms with E-state index in [0.29, 0.717) is 6.10 Å². The van der Waals surface area contributed by atoms with Gasteiger partial charge in [0.2, 0.25) is 0 Å². The quantitative estimate of drug-likeness (QED) is 0.504. The van der Waals surface area contributed by atoms with Crippen molar-refractivity contribution in [3.05, 3.63) is 0 Å². The van der Waals surface area contributed by atoms with Gasteiger partial charge in [-0.1, -0.05) is 20.8 Å². The Bertz CT molecular complexity index is 97.3. The first-order chi connectivity index (χ1) is 4.63. The average molecular weight is 142 g/mol. The van der Waals surface area contributed by atoms with Crippen molar-refractivity contribution in [3.8, 4) is 0 Å². The first kappa shape index (κ1) is 8.06. The molecule has 1 nitrogen and oxygen atoms in total. The van der Waals surface area contributed by atoms with Gasteiger partial charge in [0.1, 0.15) is 0 Å². The second-order valence-electron chi connectivity index (χ2n) is 3.73. The molecule has 0 aromatic carbocycles. The van der Waals surface area contributed by atoms with Crippen LogP contribution < -0.4 is 0 Å². The predicted octanol–water partition coefficient (Wildman–Crippen LogP) is 2.31. The summed E-state index contributed by atoms with van der Waals surface area (Å²) in [5.74, 6) is 2.29. The fourth-order valence-electron chi connectivity index (χ4n) is 1.55. The topological polar surface area (TPSA) is 9.23 Å². The minimum absolute atomic E-state index is 0.464. The number of ether oxygens (including phenoxy) is 1. The third-order valence-electron chi connectivity index (χ3n) is 3.09. The monoisotopic (exact) mass is 142 g/mol. The fraction of sp³-hybridized carbons (Fsp3) is 1.00. The molecule has 60 valence electrons. The zero-order chi connectivity index (χ0) is 7.72. The lowest BCUT2D eigenvalue weighted by Gasteiger charge is -2.36. The summed E-state index contributed by atoms with van der Waals surface area (Å²) < 4.78 is 5.57. The Morgan fingerprint density at radius 3 is 2.10 bits per heavy atom. The van der Waals surface area contributed by atoms with Crippen LogP contribution in [0.15, 0.2) is 0 Å². The van der Waals surface area contributed by atoms with Crippen LogP contribution in [0, 0.1) is 17.8 Å². The van der Waals surface area contributed by atoms with Crippen molar-refractivity contribution in [2.45, 2.75) is 33.8 Å². The van der Waals surface area contributed by atoms with Crippen molar-refractivity contribution in [2.75, 3.05) is 6.61 Å². The molecule has 10 heavy (non-hydrogen) atoms. The van der Waals surface area contributed by atoms with Gasteiger partial charge < -0.3 is 4.74 Å². The molecule has 0 saturated carbocycles. The van der Waals surface area contributed by atoms with Crippen LogP contribution in [-0.2, 0) is 4.74 Å². The maximum absolute atomic E-state index is 5.57. The van der Waals surface area contributed by atoms with Crippen LogP contribution in [0.3, 0.4) is 0 Å². The first-order valence-electron chi connectivity index (χ1n) is 4.24. The summed E-state index contributed by atoms with van der Waals surface area (Å²) in [5, 5.41) is 0. The Balaban J connectivity index is 2.52. The van der Waals surface area contributed by atoms with Crippen LogP contribution in [0.5, 0.6) is 0 Å². The van der Waals surface area contributed by atoms with Crippen LogP contribution in [-0.4, -0.2) is 12.7 Å². The highest BCUT2D eigenvalue weighted by Gasteiger charge is 2.29. The van der Waals surface area contributed by atoms with E-state index in [1.807, 2.05) is 0 Å². The molecule has 0 amide bonds. The highest BCUT2D eigenvalue weighted by atomic mass is 16.5. The minimum Gasteiger partial charge on any atom is -0.378 e. The van der Waals surface area contributed by atoms with E-state index in [1.54, 1.807) is 0 Å². The second-order valence-corrected chi connectivity index (χ2v) is 3.73. The van der Waals surface area contributed by atoms with Crippen molar-refractivity contribution in [3.63, 3.8) is 0 Å². The zero-order valence-electron chi connectivity index (χ0n) is 7.42. The molecule has 0 unspecified atom stereocenters. The smallest absolute Gasteiger partial charge is 0.0575 e. The summed E-state index contributed by atoms with van der Waals surface area (Å²) in [4.78, 5) is 0. The van der Waals surface area contributed by atoms with E-state index in [-0.39, 0.29) is 0 Å². The maximum Gasteiger partial charge on any atom is 0.0575 e. The van der Waals surface area contributed by atoms with Crippen molar-refractivity contribution in [1.82, 2.24) is 0 Å². The van der Waals surface area contributed by atoms with Crippen molar-refractivity contribution in [2.24, 2.45) is 17.8 Å². The molecule has 4 atom stereocenters. The van der Waals surface area contributed by atoms with Gasteiger partial charge >= 0.3 is 0 Å².